The van der Waals surface area contributed by atoms with Crippen LogP contribution >= 0.6 is 11.8 Å². The summed E-state index contributed by atoms with van der Waals surface area (Å²) < 4.78 is 0. The van der Waals surface area contributed by atoms with E-state index in [1.165, 1.54) is 11.8 Å². The molecular weight excluding hydrogens is 262 g/mol. The molecule has 0 saturated carbocycles. The average molecular weight is 283 g/mol. The van der Waals surface area contributed by atoms with E-state index in [0.717, 1.165) is 5.56 Å². The molecule has 1 saturated heterocycles. The van der Waals surface area contributed by atoms with Gasteiger partial charge in [-0.25, -0.2) is 4.90 Å². The minimum absolute atomic E-state index is 0.0848. The van der Waals surface area contributed by atoms with Crippen molar-refractivity contribution >= 4 is 11.8 Å². The molecule has 0 bridgehead atoms. The van der Waals surface area contributed by atoms with Crippen LogP contribution in [0.3, 0.4) is 0 Å². The number of rotatable bonds is 5. The summed E-state index contributed by atoms with van der Waals surface area (Å²) >= 11 is 1.51. The second kappa shape index (κ2) is 6.24. The van der Waals surface area contributed by atoms with E-state index in [2.05, 4.69) is 0 Å². The summed E-state index contributed by atoms with van der Waals surface area (Å²) in [6.07, 6.45) is -0.128. The lowest BCUT2D eigenvalue weighted by Gasteiger charge is -2.35. The highest BCUT2D eigenvalue weighted by atomic mass is 32.2. The third-order valence-corrected chi connectivity index (χ3v) is 5.04. The number of aliphatic hydroxyl groups is 3. The molecule has 3 N–H and O–H groups in total. The van der Waals surface area contributed by atoms with Crippen LogP contribution < -0.4 is 0 Å². The van der Waals surface area contributed by atoms with Gasteiger partial charge in [-0.15, -0.1) is 0 Å². The predicted molar refractivity (Wildman–Crippen MR) is 76.6 cm³/mol. The topological polar surface area (TPSA) is 63.9 Å². The quantitative estimate of drug-likeness (QED) is 0.753. The van der Waals surface area contributed by atoms with Crippen LogP contribution in [0.15, 0.2) is 30.3 Å². The molecule has 5 heteroatoms. The molecule has 1 aromatic rings. The number of nitrogens with zero attached hydrogens (tertiary/aromatic N) is 1. The molecule has 0 aromatic heterocycles. The summed E-state index contributed by atoms with van der Waals surface area (Å²) in [5, 5.41) is 29.6. The molecule has 19 heavy (non-hydrogen) atoms. The van der Waals surface area contributed by atoms with Crippen molar-refractivity contribution in [2.45, 2.75) is 37.1 Å². The minimum Gasteiger partial charge on any atom is -0.396 e. The Kier molecular flexibility index (Phi) is 4.86. The number of benzene rings is 1. The van der Waals surface area contributed by atoms with Crippen molar-refractivity contribution in [2.24, 2.45) is 0 Å². The number of aliphatic hydroxyl groups excluding tert-OH is 2. The molecule has 106 valence electrons. The average Bonchev–Trinajstić information content (AvgIpc) is 2.61. The molecule has 2 rings (SSSR count). The van der Waals surface area contributed by atoms with Gasteiger partial charge in [0.2, 0.25) is 0 Å². The van der Waals surface area contributed by atoms with Crippen molar-refractivity contribution in [3.8, 4) is 0 Å². The van der Waals surface area contributed by atoms with Crippen LogP contribution in [0.25, 0.3) is 0 Å². The number of hydrogen-bond donors (Lipinski definition) is 3. The Bertz CT molecular complexity index is 399. The van der Waals surface area contributed by atoms with Crippen LogP contribution in [-0.4, -0.2) is 49.8 Å². The Morgan fingerprint density at radius 2 is 2.05 bits per heavy atom. The van der Waals surface area contributed by atoms with E-state index < -0.39 is 12.0 Å². The number of thioether (sulfide) groups is 1. The lowest BCUT2D eigenvalue weighted by Crippen LogP contribution is -2.48. The van der Waals surface area contributed by atoms with Crippen LogP contribution in [0, 0.1) is 0 Å². The molecule has 0 aliphatic carbocycles. The fourth-order valence-corrected chi connectivity index (χ4v) is 3.64. The zero-order chi connectivity index (χ0) is 13.9. The predicted octanol–water partition coefficient (Wildman–Crippen LogP) is 1.01. The molecule has 0 amide bonds. The Hall–Kier alpha value is -0.590. The summed E-state index contributed by atoms with van der Waals surface area (Å²) in [6, 6.07) is 9.81. The molecule has 1 heterocycles. The molecule has 1 unspecified atom stereocenters. The lowest BCUT2D eigenvalue weighted by atomic mass is 10.1. The molecule has 1 aliphatic heterocycles. The van der Waals surface area contributed by atoms with Crippen LogP contribution in [0.1, 0.15) is 18.9 Å². The normalized spacial score (nSPS) is 31.8. The first-order chi connectivity index (χ1) is 9.05. The van der Waals surface area contributed by atoms with Crippen molar-refractivity contribution in [3.63, 3.8) is 0 Å². The van der Waals surface area contributed by atoms with Gasteiger partial charge in [-0.2, -0.15) is 11.8 Å². The molecule has 1 fully saturated rings. The van der Waals surface area contributed by atoms with Crippen LogP contribution in [0.2, 0.25) is 0 Å². The minimum atomic E-state index is -1.06. The van der Waals surface area contributed by atoms with Crippen molar-refractivity contribution in [1.29, 1.82) is 0 Å². The lowest BCUT2D eigenvalue weighted by molar-refractivity contribution is -0.124. The van der Waals surface area contributed by atoms with Crippen molar-refractivity contribution in [1.82, 2.24) is 4.90 Å². The molecule has 1 aromatic carbocycles. The van der Waals surface area contributed by atoms with Crippen molar-refractivity contribution < 1.29 is 15.3 Å². The van der Waals surface area contributed by atoms with Crippen LogP contribution in [0.4, 0.5) is 0 Å². The van der Waals surface area contributed by atoms with Crippen molar-refractivity contribution in [2.75, 3.05) is 12.4 Å². The summed E-state index contributed by atoms with van der Waals surface area (Å²) in [5.74, 6) is 0.576. The Labute approximate surface area is 118 Å². The first-order valence-electron chi connectivity index (χ1n) is 6.49. The van der Waals surface area contributed by atoms with E-state index in [0.29, 0.717) is 18.7 Å². The van der Waals surface area contributed by atoms with Gasteiger partial charge in [0, 0.05) is 18.7 Å². The van der Waals surface area contributed by atoms with E-state index >= 15 is 0 Å². The molecular formula is C14H21NO3S. The van der Waals surface area contributed by atoms with E-state index in [4.69, 9.17) is 5.11 Å². The van der Waals surface area contributed by atoms with E-state index in [1.54, 1.807) is 11.8 Å². The number of likely N-dealkylation sites (tertiary alicyclic amines) is 1. The van der Waals surface area contributed by atoms with Gasteiger partial charge in [0.05, 0.1) is 11.9 Å². The standard InChI is InChI=1S/C14H21NO3S/c1-14(18)12(19-8-7-16)9-13(17)15(14)10-11-5-3-2-4-6-11/h2-6,12-13,16-18H,7-10H2,1H3/t12-,13?,14+/m1/s1. The molecule has 4 nitrogen and oxygen atoms in total. The fourth-order valence-electron chi connectivity index (χ4n) is 2.50. The first kappa shape index (κ1) is 14.8. The van der Waals surface area contributed by atoms with Crippen LogP contribution in [0.5, 0.6) is 0 Å². The molecule has 0 radical (unpaired) electrons. The third kappa shape index (κ3) is 3.30. The Morgan fingerprint density at radius 1 is 1.37 bits per heavy atom. The summed E-state index contributed by atoms with van der Waals surface area (Å²) in [7, 11) is 0. The second-order valence-electron chi connectivity index (χ2n) is 5.01. The number of hydrogen-bond acceptors (Lipinski definition) is 5. The summed E-state index contributed by atoms with van der Waals surface area (Å²) in [6.45, 7) is 2.35. The first-order valence-corrected chi connectivity index (χ1v) is 7.54. The van der Waals surface area contributed by atoms with Gasteiger partial charge >= 0.3 is 0 Å². The van der Waals surface area contributed by atoms with Gasteiger partial charge in [0.1, 0.15) is 12.0 Å². The summed E-state index contributed by atoms with van der Waals surface area (Å²) in [5.41, 5.74) is 0.00405. The van der Waals surface area contributed by atoms with Crippen LogP contribution in [-0.2, 0) is 6.54 Å². The molecule has 0 spiro atoms. The highest BCUT2D eigenvalue weighted by Gasteiger charge is 2.48. The van der Waals surface area contributed by atoms with Gasteiger partial charge in [0.15, 0.2) is 0 Å². The highest BCUT2D eigenvalue weighted by molar-refractivity contribution is 8.00. The van der Waals surface area contributed by atoms with E-state index in [9.17, 15) is 10.2 Å². The smallest absolute Gasteiger partial charge is 0.130 e. The second-order valence-corrected chi connectivity index (χ2v) is 6.32. The SMILES string of the molecule is C[C@]1(O)[C@H](SCCO)CC(O)N1Cc1ccccc1. The zero-order valence-corrected chi connectivity index (χ0v) is 11.9. The van der Waals surface area contributed by atoms with Gasteiger partial charge in [-0.1, -0.05) is 30.3 Å². The third-order valence-electron chi connectivity index (χ3n) is 3.58. The van der Waals surface area contributed by atoms with Gasteiger partial charge < -0.3 is 15.3 Å². The van der Waals surface area contributed by atoms with E-state index in [-0.39, 0.29) is 11.9 Å². The van der Waals surface area contributed by atoms with Crippen molar-refractivity contribution in [3.05, 3.63) is 35.9 Å². The molecule has 1 aliphatic rings. The van der Waals surface area contributed by atoms with E-state index in [1.807, 2.05) is 30.3 Å². The fraction of sp³-hybridized carbons (Fsp3) is 0.571. The highest BCUT2D eigenvalue weighted by Crippen LogP contribution is 2.39. The van der Waals surface area contributed by atoms with Gasteiger partial charge in [-0.3, -0.25) is 0 Å². The molecule has 3 atom stereocenters. The zero-order valence-electron chi connectivity index (χ0n) is 11.1. The maximum absolute atomic E-state index is 10.6. The van der Waals surface area contributed by atoms with Gasteiger partial charge in [-0.05, 0) is 12.5 Å². The summed E-state index contributed by atoms with van der Waals surface area (Å²) in [4.78, 5) is 1.72. The largest absolute Gasteiger partial charge is 0.396 e. The maximum atomic E-state index is 10.6. The van der Waals surface area contributed by atoms with Gasteiger partial charge in [0.25, 0.3) is 0 Å². The Morgan fingerprint density at radius 3 is 2.68 bits per heavy atom. The monoisotopic (exact) mass is 283 g/mol. The maximum Gasteiger partial charge on any atom is 0.130 e. The Balaban J connectivity index is 2.07.